The predicted molar refractivity (Wildman–Crippen MR) is 135 cm³/mol. The van der Waals surface area contributed by atoms with E-state index in [9.17, 15) is 9.59 Å². The molecule has 1 aliphatic carbocycles. The Hall–Kier alpha value is -2.62. The summed E-state index contributed by atoms with van der Waals surface area (Å²) in [4.78, 5) is 28.4. The number of nitrogens with zero attached hydrogens (tertiary/aromatic N) is 1. The zero-order valence-electron chi connectivity index (χ0n) is 20.8. The second-order valence-corrected chi connectivity index (χ2v) is 9.82. The van der Waals surface area contributed by atoms with Gasteiger partial charge in [-0.25, -0.2) is 0 Å². The number of nitrogens with one attached hydrogen (secondary N) is 1. The summed E-state index contributed by atoms with van der Waals surface area (Å²) in [6.07, 6.45) is 6.12. The van der Waals surface area contributed by atoms with Crippen molar-refractivity contribution in [3.8, 4) is 0 Å². The minimum Gasteiger partial charge on any atom is -0.352 e. The maximum absolute atomic E-state index is 13.5. The molecule has 0 saturated heterocycles. The molecule has 2 aromatic carbocycles. The Morgan fingerprint density at radius 1 is 0.970 bits per heavy atom. The van der Waals surface area contributed by atoms with Gasteiger partial charge < -0.3 is 10.2 Å². The average molecular weight is 449 g/mol. The number of amides is 2. The summed E-state index contributed by atoms with van der Waals surface area (Å²) in [5, 5.41) is 3.22. The van der Waals surface area contributed by atoms with Crippen LogP contribution in [0.5, 0.6) is 0 Å². The van der Waals surface area contributed by atoms with E-state index in [1.807, 2.05) is 6.92 Å². The van der Waals surface area contributed by atoms with E-state index in [-0.39, 0.29) is 17.9 Å². The summed E-state index contributed by atoms with van der Waals surface area (Å²) in [7, 11) is 0. The lowest BCUT2D eigenvalue weighted by Gasteiger charge is -2.31. The molecule has 0 radical (unpaired) electrons. The third-order valence-electron chi connectivity index (χ3n) is 6.83. The number of benzene rings is 2. The molecule has 1 saturated carbocycles. The summed E-state index contributed by atoms with van der Waals surface area (Å²) in [6, 6.07) is 16.6. The highest BCUT2D eigenvalue weighted by Gasteiger charge is 2.30. The average Bonchev–Trinajstić information content (AvgIpc) is 3.32. The Morgan fingerprint density at radius 3 is 2.15 bits per heavy atom. The van der Waals surface area contributed by atoms with Crippen molar-refractivity contribution in [1.29, 1.82) is 0 Å². The molecular formula is C29H40N2O2. The molecule has 2 aromatic rings. The van der Waals surface area contributed by atoms with E-state index in [0.717, 1.165) is 24.0 Å². The Bertz CT molecular complexity index is 896. The fourth-order valence-corrected chi connectivity index (χ4v) is 4.64. The first-order chi connectivity index (χ1) is 15.9. The maximum Gasteiger partial charge on any atom is 0.243 e. The second kappa shape index (κ2) is 12.0. The van der Waals surface area contributed by atoms with Crippen LogP contribution in [0, 0.1) is 6.92 Å². The quantitative estimate of drug-likeness (QED) is 0.491. The molecule has 178 valence electrons. The molecule has 4 nitrogen and oxygen atoms in total. The summed E-state index contributed by atoms with van der Waals surface area (Å²) >= 11 is 0. The molecule has 0 unspecified atom stereocenters. The third-order valence-corrected chi connectivity index (χ3v) is 6.83. The van der Waals surface area contributed by atoms with E-state index in [2.05, 4.69) is 74.6 Å². The summed E-state index contributed by atoms with van der Waals surface area (Å²) < 4.78 is 0. The lowest BCUT2D eigenvalue weighted by Crippen LogP contribution is -2.51. The largest absolute Gasteiger partial charge is 0.352 e. The topological polar surface area (TPSA) is 49.4 Å². The SMILES string of the molecule is CC[C@H](C(=O)NC1CCCC1)N(Cc1ccc(C)cc1)C(=O)CCc1ccc(C(C)C)cc1. The van der Waals surface area contributed by atoms with E-state index in [0.29, 0.717) is 31.7 Å². The number of aryl methyl sites for hydroxylation is 2. The zero-order valence-corrected chi connectivity index (χ0v) is 20.8. The fourth-order valence-electron chi connectivity index (χ4n) is 4.64. The number of rotatable bonds is 10. The van der Waals surface area contributed by atoms with E-state index in [1.54, 1.807) is 4.90 Å². The van der Waals surface area contributed by atoms with Crippen molar-refractivity contribution in [3.05, 3.63) is 70.8 Å². The molecule has 0 spiro atoms. The van der Waals surface area contributed by atoms with Crippen molar-refractivity contribution in [1.82, 2.24) is 10.2 Å². The Kier molecular flexibility index (Phi) is 9.11. The number of hydrogen-bond donors (Lipinski definition) is 1. The van der Waals surface area contributed by atoms with Gasteiger partial charge in [-0.15, -0.1) is 0 Å². The molecule has 0 bridgehead atoms. The third kappa shape index (κ3) is 7.18. The molecule has 3 rings (SSSR count). The van der Waals surface area contributed by atoms with E-state index >= 15 is 0 Å². The van der Waals surface area contributed by atoms with Gasteiger partial charge in [0.1, 0.15) is 6.04 Å². The smallest absolute Gasteiger partial charge is 0.243 e. The van der Waals surface area contributed by atoms with Gasteiger partial charge in [-0.05, 0) is 55.2 Å². The summed E-state index contributed by atoms with van der Waals surface area (Å²) in [5.74, 6) is 0.525. The summed E-state index contributed by atoms with van der Waals surface area (Å²) in [6.45, 7) is 8.88. The van der Waals surface area contributed by atoms with Crippen molar-refractivity contribution < 1.29 is 9.59 Å². The standard InChI is InChI=1S/C29H40N2O2/c1-5-27(29(33)30-26-8-6-7-9-26)31(20-24-12-10-22(4)11-13-24)28(32)19-16-23-14-17-25(18-15-23)21(2)3/h10-15,17-18,21,26-27H,5-9,16,19-20H2,1-4H3,(H,30,33)/t27-/m1/s1. The van der Waals surface area contributed by atoms with Crippen molar-refractivity contribution in [3.63, 3.8) is 0 Å². The first-order valence-corrected chi connectivity index (χ1v) is 12.6. The van der Waals surface area contributed by atoms with Crippen LogP contribution >= 0.6 is 0 Å². The minimum atomic E-state index is -0.442. The molecule has 1 atom stereocenters. The van der Waals surface area contributed by atoms with E-state index < -0.39 is 6.04 Å². The van der Waals surface area contributed by atoms with Gasteiger partial charge in [0, 0.05) is 19.0 Å². The van der Waals surface area contributed by atoms with Crippen LogP contribution < -0.4 is 5.32 Å². The van der Waals surface area contributed by atoms with Gasteiger partial charge in [-0.2, -0.15) is 0 Å². The van der Waals surface area contributed by atoms with Crippen molar-refractivity contribution in [2.24, 2.45) is 0 Å². The van der Waals surface area contributed by atoms with Gasteiger partial charge >= 0.3 is 0 Å². The van der Waals surface area contributed by atoms with Gasteiger partial charge in [0.15, 0.2) is 0 Å². The minimum absolute atomic E-state index is 0.00820. The van der Waals surface area contributed by atoms with Crippen molar-refractivity contribution in [2.75, 3.05) is 0 Å². The zero-order chi connectivity index (χ0) is 23.8. The first kappa shape index (κ1) is 25.0. The molecular weight excluding hydrogens is 408 g/mol. The lowest BCUT2D eigenvalue weighted by atomic mass is 10.00. The number of hydrogen-bond acceptors (Lipinski definition) is 2. The Labute approximate surface area is 199 Å². The van der Waals surface area contributed by atoms with Crippen molar-refractivity contribution in [2.45, 2.75) is 97.2 Å². The van der Waals surface area contributed by atoms with Gasteiger partial charge in [0.05, 0.1) is 0 Å². The van der Waals surface area contributed by atoms with Crippen LogP contribution in [0.15, 0.2) is 48.5 Å². The predicted octanol–water partition coefficient (Wildman–Crippen LogP) is 5.92. The first-order valence-electron chi connectivity index (χ1n) is 12.6. The lowest BCUT2D eigenvalue weighted by molar-refractivity contribution is -0.141. The van der Waals surface area contributed by atoms with Crippen molar-refractivity contribution >= 4 is 11.8 Å². The highest BCUT2D eigenvalue weighted by atomic mass is 16.2. The molecule has 0 aliphatic heterocycles. The van der Waals surface area contributed by atoms with Gasteiger partial charge in [0.25, 0.3) is 0 Å². The van der Waals surface area contributed by atoms with Crippen LogP contribution in [-0.2, 0) is 22.6 Å². The highest BCUT2D eigenvalue weighted by molar-refractivity contribution is 5.88. The molecule has 0 aromatic heterocycles. The van der Waals surface area contributed by atoms with Crippen LogP contribution in [0.4, 0.5) is 0 Å². The van der Waals surface area contributed by atoms with Gasteiger partial charge in [-0.3, -0.25) is 9.59 Å². The van der Waals surface area contributed by atoms with Crippen LogP contribution in [0.3, 0.4) is 0 Å². The molecule has 1 N–H and O–H groups in total. The monoisotopic (exact) mass is 448 g/mol. The Morgan fingerprint density at radius 2 is 1.58 bits per heavy atom. The molecule has 33 heavy (non-hydrogen) atoms. The number of carbonyl (C=O) groups is 2. The molecule has 1 aliphatic rings. The second-order valence-electron chi connectivity index (χ2n) is 9.82. The van der Waals surface area contributed by atoms with Crippen LogP contribution in [0.2, 0.25) is 0 Å². The normalized spacial score (nSPS) is 14.9. The highest BCUT2D eigenvalue weighted by Crippen LogP contribution is 2.21. The van der Waals surface area contributed by atoms with Crippen LogP contribution in [-0.4, -0.2) is 28.8 Å². The van der Waals surface area contributed by atoms with Gasteiger partial charge in [-0.1, -0.05) is 87.7 Å². The Balaban J connectivity index is 1.73. The van der Waals surface area contributed by atoms with Crippen LogP contribution in [0.1, 0.15) is 87.5 Å². The maximum atomic E-state index is 13.5. The molecule has 4 heteroatoms. The molecule has 2 amide bonds. The molecule has 0 heterocycles. The van der Waals surface area contributed by atoms with E-state index in [4.69, 9.17) is 0 Å². The summed E-state index contributed by atoms with van der Waals surface area (Å²) in [5.41, 5.74) is 4.71. The van der Waals surface area contributed by atoms with Gasteiger partial charge in [0.2, 0.25) is 11.8 Å². The fraction of sp³-hybridized carbons (Fsp3) is 0.517. The molecule has 1 fully saturated rings. The number of carbonyl (C=O) groups excluding carboxylic acids is 2. The van der Waals surface area contributed by atoms with E-state index in [1.165, 1.54) is 24.0 Å². The van der Waals surface area contributed by atoms with Crippen LogP contribution in [0.25, 0.3) is 0 Å².